The van der Waals surface area contributed by atoms with Crippen molar-refractivity contribution in [3.8, 4) is 5.75 Å². The molecule has 41 heavy (non-hydrogen) atoms. The number of nitrogens with zero attached hydrogens (tertiary/aromatic N) is 1. The first-order valence-corrected chi connectivity index (χ1v) is 15.2. The molecule has 5 N–H and O–H groups in total. The fourth-order valence-electron chi connectivity index (χ4n) is 4.43. The van der Waals surface area contributed by atoms with Crippen LogP contribution in [-0.4, -0.2) is 73.4 Å². The zero-order valence-corrected chi connectivity index (χ0v) is 24.3. The molecular formula is C29H40N4O7S. The Morgan fingerprint density at radius 2 is 1.78 bits per heavy atom. The molecule has 224 valence electrons. The van der Waals surface area contributed by atoms with Gasteiger partial charge in [-0.15, -0.1) is 0 Å². The molecule has 0 fully saturated rings. The number of ether oxygens (including phenoxy) is 1. The van der Waals surface area contributed by atoms with Crippen molar-refractivity contribution >= 4 is 27.7 Å². The second kappa shape index (κ2) is 14.9. The Morgan fingerprint density at radius 3 is 2.41 bits per heavy atom. The van der Waals surface area contributed by atoms with Crippen LogP contribution >= 0.6 is 0 Å². The summed E-state index contributed by atoms with van der Waals surface area (Å²) in [6.45, 7) is 4.11. The molecule has 2 bridgehead atoms. The molecule has 0 saturated carbocycles. The molecule has 2 aromatic rings. The normalized spacial score (nSPS) is 19.5. The van der Waals surface area contributed by atoms with Gasteiger partial charge in [-0.2, -0.15) is 4.31 Å². The second-order valence-electron chi connectivity index (χ2n) is 10.6. The van der Waals surface area contributed by atoms with Crippen LogP contribution in [0.5, 0.6) is 5.75 Å². The van der Waals surface area contributed by atoms with Gasteiger partial charge in [0, 0.05) is 19.5 Å². The van der Waals surface area contributed by atoms with Gasteiger partial charge in [0.2, 0.25) is 27.7 Å². The molecule has 11 nitrogen and oxygen atoms in total. The third-order valence-corrected chi connectivity index (χ3v) is 8.65. The highest BCUT2D eigenvalue weighted by atomic mass is 32.2. The Kier molecular flexibility index (Phi) is 11.7. The first kappa shape index (κ1) is 32.0. The van der Waals surface area contributed by atoms with Crippen molar-refractivity contribution in [2.75, 3.05) is 19.7 Å². The Morgan fingerprint density at radius 1 is 1.10 bits per heavy atom. The van der Waals surface area contributed by atoms with E-state index in [1.165, 1.54) is 16.4 Å². The molecule has 3 atom stereocenters. The number of hydrogen-bond donors (Lipinski definition) is 4. The summed E-state index contributed by atoms with van der Waals surface area (Å²) < 4.78 is 34.0. The number of amides is 3. The van der Waals surface area contributed by atoms with Crippen LogP contribution in [0.15, 0.2) is 59.5 Å². The maximum absolute atomic E-state index is 13.6. The number of nitrogens with one attached hydrogen (secondary N) is 2. The van der Waals surface area contributed by atoms with Crippen LogP contribution in [0.2, 0.25) is 0 Å². The highest BCUT2D eigenvalue weighted by Crippen LogP contribution is 2.20. The van der Waals surface area contributed by atoms with Gasteiger partial charge in [0.25, 0.3) is 0 Å². The van der Waals surface area contributed by atoms with Crippen molar-refractivity contribution in [2.45, 2.75) is 69.0 Å². The van der Waals surface area contributed by atoms with Gasteiger partial charge in [-0.25, -0.2) is 8.42 Å². The molecule has 0 spiro atoms. The summed E-state index contributed by atoms with van der Waals surface area (Å²) in [5, 5.41) is 16.7. The van der Waals surface area contributed by atoms with Crippen LogP contribution in [0.1, 0.15) is 45.1 Å². The largest absolute Gasteiger partial charge is 0.494 e. The van der Waals surface area contributed by atoms with Gasteiger partial charge in [-0.1, -0.05) is 44.2 Å². The minimum Gasteiger partial charge on any atom is -0.494 e. The van der Waals surface area contributed by atoms with Crippen LogP contribution < -0.4 is 21.1 Å². The lowest BCUT2D eigenvalue weighted by atomic mass is 9.99. The number of aliphatic hydroxyl groups is 1. The number of carbonyl (C=O) groups is 3. The molecule has 0 aromatic heterocycles. The first-order valence-electron chi connectivity index (χ1n) is 13.8. The number of primary amides is 1. The van der Waals surface area contributed by atoms with Gasteiger partial charge < -0.3 is 26.2 Å². The smallest absolute Gasteiger partial charge is 0.243 e. The fourth-order valence-corrected chi connectivity index (χ4v) is 5.93. The van der Waals surface area contributed by atoms with E-state index in [4.69, 9.17) is 10.5 Å². The van der Waals surface area contributed by atoms with Gasteiger partial charge >= 0.3 is 0 Å². The number of aliphatic hydroxyl groups excluding tert-OH is 1. The van der Waals surface area contributed by atoms with Crippen molar-refractivity contribution in [3.05, 3.63) is 60.2 Å². The van der Waals surface area contributed by atoms with Crippen LogP contribution in [0.25, 0.3) is 0 Å². The molecule has 2 aromatic carbocycles. The van der Waals surface area contributed by atoms with E-state index < -0.39 is 52.4 Å². The first-order chi connectivity index (χ1) is 19.5. The van der Waals surface area contributed by atoms with E-state index in [2.05, 4.69) is 10.6 Å². The lowest BCUT2D eigenvalue weighted by molar-refractivity contribution is -0.132. The summed E-state index contributed by atoms with van der Waals surface area (Å²) in [7, 11) is -3.95. The maximum atomic E-state index is 13.6. The number of hydrogen-bond acceptors (Lipinski definition) is 7. The molecule has 0 aliphatic carbocycles. The van der Waals surface area contributed by atoms with Crippen molar-refractivity contribution in [3.63, 3.8) is 0 Å². The second-order valence-corrected chi connectivity index (χ2v) is 12.6. The number of benzene rings is 2. The summed E-state index contributed by atoms with van der Waals surface area (Å²) in [4.78, 5) is 37.6. The van der Waals surface area contributed by atoms with Crippen molar-refractivity contribution in [1.82, 2.24) is 14.9 Å². The highest BCUT2D eigenvalue weighted by molar-refractivity contribution is 7.89. The molecule has 0 radical (unpaired) electrons. The zero-order valence-electron chi connectivity index (χ0n) is 23.5. The quantitative estimate of drug-likeness (QED) is 0.325. The summed E-state index contributed by atoms with van der Waals surface area (Å²) in [6, 6.07) is 12.9. The molecule has 2 aliphatic heterocycles. The SMILES string of the molecule is CC(C)CCN(CC(O)C1Cc2ccc(cc2)OCCCC(=O)NC(CC(N)=O)C(=O)N1)S(=O)(=O)c1ccccc1. The Labute approximate surface area is 241 Å². The Balaban J connectivity index is 1.93. The maximum Gasteiger partial charge on any atom is 0.243 e. The topological polar surface area (TPSA) is 168 Å². The number of fused-ring (bicyclic) bond motifs is 12. The van der Waals surface area contributed by atoms with Crippen LogP contribution in [-0.2, 0) is 30.8 Å². The van der Waals surface area contributed by atoms with E-state index >= 15 is 0 Å². The van der Waals surface area contributed by atoms with Crippen LogP contribution in [0, 0.1) is 5.92 Å². The van der Waals surface area contributed by atoms with Gasteiger partial charge in [0.05, 0.1) is 30.1 Å². The van der Waals surface area contributed by atoms with E-state index in [-0.39, 0.29) is 43.4 Å². The predicted octanol–water partition coefficient (Wildman–Crippen LogP) is 1.34. The zero-order chi connectivity index (χ0) is 30.0. The monoisotopic (exact) mass is 588 g/mol. The molecule has 2 heterocycles. The molecule has 2 aliphatic rings. The Hall–Kier alpha value is -3.48. The minimum atomic E-state index is -3.95. The van der Waals surface area contributed by atoms with Gasteiger partial charge in [0.1, 0.15) is 11.8 Å². The number of rotatable bonds is 10. The lowest BCUT2D eigenvalue weighted by Crippen LogP contribution is -2.56. The standard InChI is InChI=1S/C29H40N4O7S/c1-20(2)14-15-33(41(38,39)23-7-4-3-5-8-23)19-26(34)24-17-21-10-12-22(13-11-21)40-16-6-9-28(36)31-25(18-27(30)35)29(37)32-24/h3-5,7-8,10-13,20,24-26,34H,6,9,14-19H2,1-2H3,(H2,30,35)(H,31,36)(H,32,37). The van der Waals surface area contributed by atoms with Gasteiger partial charge in [-0.3, -0.25) is 14.4 Å². The van der Waals surface area contributed by atoms with Crippen molar-refractivity contribution in [1.29, 1.82) is 0 Å². The van der Waals surface area contributed by atoms with E-state index in [0.29, 0.717) is 18.6 Å². The van der Waals surface area contributed by atoms with Crippen LogP contribution in [0.3, 0.4) is 0 Å². The molecule has 0 saturated heterocycles. The third kappa shape index (κ3) is 9.83. The Bertz CT molecular complexity index is 1270. The molecule has 3 unspecified atom stereocenters. The van der Waals surface area contributed by atoms with Crippen molar-refractivity contribution in [2.24, 2.45) is 11.7 Å². The number of sulfonamides is 1. The van der Waals surface area contributed by atoms with Gasteiger partial charge in [0.15, 0.2) is 0 Å². The average Bonchev–Trinajstić information content (AvgIpc) is 2.93. The number of carbonyl (C=O) groups excluding carboxylic acids is 3. The van der Waals surface area contributed by atoms with Crippen LogP contribution in [0.4, 0.5) is 0 Å². The summed E-state index contributed by atoms with van der Waals surface area (Å²) in [5.74, 6) is -1.13. The molecule has 4 rings (SSSR count). The summed E-state index contributed by atoms with van der Waals surface area (Å²) in [5.41, 5.74) is 6.10. The number of nitrogens with two attached hydrogens (primary N) is 1. The third-order valence-electron chi connectivity index (χ3n) is 6.77. The van der Waals surface area contributed by atoms with Crippen molar-refractivity contribution < 1.29 is 32.6 Å². The predicted molar refractivity (Wildman–Crippen MR) is 153 cm³/mol. The van der Waals surface area contributed by atoms with E-state index in [1.54, 1.807) is 42.5 Å². The molecular weight excluding hydrogens is 548 g/mol. The van der Waals surface area contributed by atoms with Gasteiger partial charge in [-0.05, 0) is 55.0 Å². The highest BCUT2D eigenvalue weighted by Gasteiger charge is 2.33. The fraction of sp³-hybridized carbons (Fsp3) is 0.483. The average molecular weight is 589 g/mol. The van der Waals surface area contributed by atoms with E-state index in [0.717, 1.165) is 5.56 Å². The minimum absolute atomic E-state index is 0.0643. The molecule has 3 amide bonds. The van der Waals surface area contributed by atoms with E-state index in [1.807, 2.05) is 13.8 Å². The van der Waals surface area contributed by atoms with E-state index in [9.17, 15) is 27.9 Å². The summed E-state index contributed by atoms with van der Waals surface area (Å²) in [6.07, 6.45) is -0.607. The summed E-state index contributed by atoms with van der Waals surface area (Å²) >= 11 is 0. The lowest BCUT2D eigenvalue weighted by Gasteiger charge is -2.31. The molecule has 12 heteroatoms.